The minimum atomic E-state index is -0.671. The van der Waals surface area contributed by atoms with Gasteiger partial charge in [0.05, 0.1) is 4.92 Å². The van der Waals surface area contributed by atoms with Crippen LogP contribution in [-0.2, 0) is 0 Å². The van der Waals surface area contributed by atoms with Gasteiger partial charge in [0.2, 0.25) is 0 Å². The average Bonchev–Trinajstić information content (AvgIpc) is 2.54. The molecule has 8 heteroatoms. The van der Waals surface area contributed by atoms with E-state index in [1.165, 1.54) is 43.4 Å². The quantitative estimate of drug-likeness (QED) is 0.663. The first-order valence-corrected chi connectivity index (χ1v) is 6.87. The summed E-state index contributed by atoms with van der Waals surface area (Å²) in [4.78, 5) is 34.0. The molecule has 0 aliphatic heterocycles. The Morgan fingerprint density at radius 3 is 2.30 bits per heavy atom. The lowest BCUT2D eigenvalue weighted by Crippen LogP contribution is -2.18. The Labute approximate surface area is 136 Å². The van der Waals surface area contributed by atoms with Crippen LogP contribution in [0.1, 0.15) is 20.7 Å². The van der Waals surface area contributed by atoms with Gasteiger partial charge >= 0.3 is 0 Å². The number of benzene rings is 2. The van der Waals surface area contributed by atoms with Crippen molar-refractivity contribution in [1.29, 1.82) is 0 Å². The van der Waals surface area contributed by atoms with Crippen molar-refractivity contribution < 1.29 is 14.5 Å². The molecule has 0 aliphatic carbocycles. The van der Waals surface area contributed by atoms with Crippen molar-refractivity contribution in [2.45, 2.75) is 0 Å². The third kappa shape index (κ3) is 3.83. The molecule has 7 nitrogen and oxygen atoms in total. The third-order valence-electron chi connectivity index (χ3n) is 3.03. The number of amides is 2. The largest absolute Gasteiger partial charge is 0.355 e. The smallest absolute Gasteiger partial charge is 0.283 e. The Balaban J connectivity index is 2.22. The molecule has 0 atom stereocenters. The Morgan fingerprint density at radius 1 is 1.09 bits per heavy atom. The standard InChI is InChI=1S/C15H12ClN3O4/c1-17-14(20)9-2-5-11(6-3-9)18-15(21)12-7-4-10(16)8-13(12)19(22)23/h2-8H,1H3,(H,17,20)(H,18,21). The number of hydrogen-bond acceptors (Lipinski definition) is 4. The molecule has 0 radical (unpaired) electrons. The topological polar surface area (TPSA) is 101 Å². The van der Waals surface area contributed by atoms with Gasteiger partial charge in [0.25, 0.3) is 17.5 Å². The second-order valence-corrected chi connectivity index (χ2v) is 4.97. The highest BCUT2D eigenvalue weighted by Crippen LogP contribution is 2.24. The molecular weight excluding hydrogens is 322 g/mol. The van der Waals surface area contributed by atoms with Gasteiger partial charge < -0.3 is 10.6 Å². The Kier molecular flexibility index (Phi) is 4.92. The molecule has 0 saturated carbocycles. The molecule has 2 N–H and O–H groups in total. The van der Waals surface area contributed by atoms with Crippen molar-refractivity contribution in [3.63, 3.8) is 0 Å². The molecule has 0 saturated heterocycles. The number of nitro groups is 1. The zero-order valence-electron chi connectivity index (χ0n) is 12.0. The van der Waals surface area contributed by atoms with Gasteiger partial charge in [-0.05, 0) is 36.4 Å². The zero-order valence-corrected chi connectivity index (χ0v) is 12.8. The van der Waals surface area contributed by atoms with Crippen LogP contribution < -0.4 is 10.6 Å². The van der Waals surface area contributed by atoms with Crippen molar-refractivity contribution in [1.82, 2.24) is 5.32 Å². The Hall–Kier alpha value is -2.93. The first-order chi connectivity index (χ1) is 10.9. The maximum atomic E-state index is 12.2. The van der Waals surface area contributed by atoms with Crippen LogP contribution in [0.3, 0.4) is 0 Å². The van der Waals surface area contributed by atoms with Gasteiger partial charge in [-0.25, -0.2) is 0 Å². The van der Waals surface area contributed by atoms with Gasteiger partial charge in [-0.2, -0.15) is 0 Å². The summed E-state index contributed by atoms with van der Waals surface area (Å²) in [6.45, 7) is 0. The second kappa shape index (κ2) is 6.89. The lowest BCUT2D eigenvalue weighted by molar-refractivity contribution is -0.385. The van der Waals surface area contributed by atoms with Crippen molar-refractivity contribution >= 4 is 34.8 Å². The fourth-order valence-electron chi connectivity index (χ4n) is 1.90. The molecule has 2 amide bonds. The molecule has 23 heavy (non-hydrogen) atoms. The fourth-order valence-corrected chi connectivity index (χ4v) is 2.06. The number of nitrogens with one attached hydrogen (secondary N) is 2. The van der Waals surface area contributed by atoms with E-state index in [2.05, 4.69) is 10.6 Å². The van der Waals surface area contributed by atoms with E-state index >= 15 is 0 Å². The van der Waals surface area contributed by atoms with Crippen molar-refractivity contribution in [2.75, 3.05) is 12.4 Å². The first-order valence-electron chi connectivity index (χ1n) is 6.50. The van der Waals surface area contributed by atoms with Crippen LogP contribution in [0.15, 0.2) is 42.5 Å². The van der Waals surface area contributed by atoms with Gasteiger partial charge in [-0.15, -0.1) is 0 Å². The van der Waals surface area contributed by atoms with E-state index in [4.69, 9.17) is 11.6 Å². The number of rotatable bonds is 4. The van der Waals surface area contributed by atoms with Gasteiger partial charge in [-0.3, -0.25) is 19.7 Å². The van der Waals surface area contributed by atoms with Crippen LogP contribution in [0.2, 0.25) is 5.02 Å². The van der Waals surface area contributed by atoms with Crippen LogP contribution in [0.4, 0.5) is 11.4 Å². The average molecular weight is 334 g/mol. The van der Waals surface area contributed by atoms with E-state index in [1.807, 2.05) is 0 Å². The summed E-state index contributed by atoms with van der Waals surface area (Å²) in [7, 11) is 1.51. The molecule has 2 aromatic carbocycles. The molecule has 0 unspecified atom stereocenters. The Morgan fingerprint density at radius 2 is 1.74 bits per heavy atom. The molecule has 118 valence electrons. The maximum Gasteiger partial charge on any atom is 0.283 e. The van der Waals surface area contributed by atoms with Crippen LogP contribution in [-0.4, -0.2) is 23.8 Å². The first kappa shape index (κ1) is 16.4. The van der Waals surface area contributed by atoms with Crippen LogP contribution in [0.25, 0.3) is 0 Å². The van der Waals surface area contributed by atoms with Crippen molar-refractivity contribution in [2.24, 2.45) is 0 Å². The molecule has 0 bridgehead atoms. The highest BCUT2D eigenvalue weighted by atomic mass is 35.5. The van der Waals surface area contributed by atoms with E-state index < -0.39 is 10.8 Å². The van der Waals surface area contributed by atoms with Crippen molar-refractivity contribution in [3.05, 3.63) is 68.7 Å². The number of halogens is 1. The minimum absolute atomic E-state index is 0.102. The zero-order chi connectivity index (χ0) is 17.0. The highest BCUT2D eigenvalue weighted by molar-refractivity contribution is 6.31. The molecule has 0 aromatic heterocycles. The summed E-state index contributed by atoms with van der Waals surface area (Å²) in [6.07, 6.45) is 0. The lowest BCUT2D eigenvalue weighted by atomic mass is 10.1. The molecule has 0 aliphatic rings. The number of nitro benzene ring substituents is 1. The number of carbonyl (C=O) groups is 2. The summed E-state index contributed by atoms with van der Waals surface area (Å²) >= 11 is 5.71. The van der Waals surface area contributed by atoms with Crippen LogP contribution in [0.5, 0.6) is 0 Å². The van der Waals surface area contributed by atoms with Gasteiger partial charge in [0.1, 0.15) is 5.56 Å². The Bertz CT molecular complexity index is 775. The van der Waals surface area contributed by atoms with E-state index in [-0.39, 0.29) is 22.2 Å². The predicted octanol–water partition coefficient (Wildman–Crippen LogP) is 2.86. The number of anilines is 1. The molecular formula is C15H12ClN3O4. The van der Waals surface area contributed by atoms with E-state index in [9.17, 15) is 19.7 Å². The van der Waals surface area contributed by atoms with Crippen LogP contribution >= 0.6 is 11.6 Å². The number of carbonyl (C=O) groups excluding carboxylic acids is 2. The van der Waals surface area contributed by atoms with Gasteiger partial charge in [0, 0.05) is 29.4 Å². The molecule has 0 spiro atoms. The molecule has 2 rings (SSSR count). The second-order valence-electron chi connectivity index (χ2n) is 4.53. The molecule has 0 fully saturated rings. The summed E-state index contributed by atoms with van der Waals surface area (Å²) < 4.78 is 0. The monoisotopic (exact) mass is 333 g/mol. The summed E-state index contributed by atoms with van der Waals surface area (Å²) in [6, 6.07) is 9.93. The van der Waals surface area contributed by atoms with Gasteiger partial charge in [-0.1, -0.05) is 11.6 Å². The van der Waals surface area contributed by atoms with Gasteiger partial charge in [0.15, 0.2) is 0 Å². The normalized spacial score (nSPS) is 10.0. The summed E-state index contributed by atoms with van der Waals surface area (Å²) in [5.41, 5.74) is 0.363. The van der Waals surface area contributed by atoms with Crippen LogP contribution in [0, 0.1) is 10.1 Å². The lowest BCUT2D eigenvalue weighted by Gasteiger charge is -2.07. The minimum Gasteiger partial charge on any atom is -0.355 e. The SMILES string of the molecule is CNC(=O)c1ccc(NC(=O)c2ccc(Cl)cc2[N+](=O)[O-])cc1. The van der Waals surface area contributed by atoms with E-state index in [1.54, 1.807) is 0 Å². The fraction of sp³-hybridized carbons (Fsp3) is 0.0667. The predicted molar refractivity (Wildman–Crippen MR) is 85.9 cm³/mol. The number of nitrogens with zero attached hydrogens (tertiary/aromatic N) is 1. The number of hydrogen-bond donors (Lipinski definition) is 2. The summed E-state index contributed by atoms with van der Waals surface area (Å²) in [5, 5.41) is 16.2. The van der Waals surface area contributed by atoms with E-state index in [0.29, 0.717) is 11.3 Å². The maximum absolute atomic E-state index is 12.2. The van der Waals surface area contributed by atoms with E-state index in [0.717, 1.165) is 6.07 Å². The highest BCUT2D eigenvalue weighted by Gasteiger charge is 2.20. The molecule has 0 heterocycles. The summed E-state index contributed by atoms with van der Waals surface area (Å²) in [5.74, 6) is -0.891. The third-order valence-corrected chi connectivity index (χ3v) is 3.27. The molecule has 2 aromatic rings. The van der Waals surface area contributed by atoms with Crippen molar-refractivity contribution in [3.8, 4) is 0 Å².